The largest absolute Gasteiger partial charge is 0.373 e. The molecule has 0 unspecified atom stereocenters. The summed E-state index contributed by atoms with van der Waals surface area (Å²) >= 11 is 5.14. The van der Waals surface area contributed by atoms with Crippen LogP contribution >= 0.6 is 27.3 Å². The molecule has 0 saturated heterocycles. The monoisotopic (exact) mass is 269 g/mol. The van der Waals surface area contributed by atoms with Crippen molar-refractivity contribution in [1.82, 2.24) is 9.97 Å². The Bertz CT molecular complexity index is 441. The summed E-state index contributed by atoms with van der Waals surface area (Å²) < 4.78 is 1.07. The van der Waals surface area contributed by atoms with Gasteiger partial charge in [0, 0.05) is 17.6 Å². The summed E-state index contributed by atoms with van der Waals surface area (Å²) in [4.78, 5) is 9.41. The maximum absolute atomic E-state index is 4.22. The average Bonchev–Trinajstić information content (AvgIpc) is 2.65. The van der Waals surface area contributed by atoms with Crippen LogP contribution in [0.1, 0.15) is 0 Å². The smallest absolute Gasteiger partial charge is 0.129 e. The van der Waals surface area contributed by atoms with Gasteiger partial charge in [0.15, 0.2) is 0 Å². The molecule has 5 heteroatoms. The third-order valence-electron chi connectivity index (χ3n) is 1.77. The van der Waals surface area contributed by atoms with Gasteiger partial charge < -0.3 is 5.32 Å². The van der Waals surface area contributed by atoms with Crippen LogP contribution in [0.25, 0.3) is 10.6 Å². The average molecular weight is 270 g/mol. The van der Waals surface area contributed by atoms with E-state index in [1.54, 1.807) is 17.7 Å². The van der Waals surface area contributed by atoms with Crippen molar-refractivity contribution in [2.24, 2.45) is 0 Å². The van der Waals surface area contributed by atoms with Crippen molar-refractivity contribution in [3.8, 4) is 10.6 Å². The van der Waals surface area contributed by atoms with Gasteiger partial charge in [0.2, 0.25) is 0 Å². The van der Waals surface area contributed by atoms with Crippen LogP contribution in [0, 0.1) is 0 Å². The van der Waals surface area contributed by atoms with Crippen LogP contribution in [-0.2, 0) is 0 Å². The Kier molecular flexibility index (Phi) is 2.79. The SMILES string of the molecule is CNc1cc(-c2sccc2Br)ncn1. The van der Waals surface area contributed by atoms with Crippen LogP contribution in [0.2, 0.25) is 0 Å². The number of halogens is 1. The molecule has 14 heavy (non-hydrogen) atoms. The van der Waals surface area contributed by atoms with Crippen LogP contribution in [0.5, 0.6) is 0 Å². The van der Waals surface area contributed by atoms with E-state index in [-0.39, 0.29) is 0 Å². The van der Waals surface area contributed by atoms with E-state index in [4.69, 9.17) is 0 Å². The van der Waals surface area contributed by atoms with Gasteiger partial charge in [-0.2, -0.15) is 0 Å². The quantitative estimate of drug-likeness (QED) is 0.911. The zero-order valence-electron chi connectivity index (χ0n) is 7.49. The van der Waals surface area contributed by atoms with Gasteiger partial charge in [-0.05, 0) is 27.4 Å². The van der Waals surface area contributed by atoms with Crippen LogP contribution in [0.3, 0.4) is 0 Å². The lowest BCUT2D eigenvalue weighted by Gasteiger charge is -2.01. The first-order valence-corrected chi connectivity index (χ1v) is 5.71. The summed E-state index contributed by atoms with van der Waals surface area (Å²) in [5, 5.41) is 5.02. The van der Waals surface area contributed by atoms with E-state index in [1.807, 2.05) is 24.6 Å². The third-order valence-corrected chi connectivity index (χ3v) is 3.63. The number of nitrogens with zero attached hydrogens (tertiary/aromatic N) is 2. The standard InChI is InChI=1S/C9H8BrN3S/c1-11-8-4-7(12-5-13-8)9-6(10)2-3-14-9/h2-5H,1H3,(H,11,12,13). The molecule has 0 fully saturated rings. The molecule has 0 aliphatic carbocycles. The van der Waals surface area contributed by atoms with Crippen LogP contribution < -0.4 is 5.32 Å². The number of rotatable bonds is 2. The van der Waals surface area contributed by atoms with Crippen molar-refractivity contribution in [2.75, 3.05) is 12.4 Å². The van der Waals surface area contributed by atoms with Crippen molar-refractivity contribution >= 4 is 33.1 Å². The second kappa shape index (κ2) is 4.06. The fourth-order valence-electron chi connectivity index (χ4n) is 1.09. The number of aromatic nitrogens is 2. The number of thiophene rings is 1. The molecule has 0 aromatic carbocycles. The van der Waals surface area contributed by atoms with Gasteiger partial charge in [0.1, 0.15) is 12.1 Å². The van der Waals surface area contributed by atoms with Crippen molar-refractivity contribution in [3.05, 3.63) is 28.3 Å². The van der Waals surface area contributed by atoms with Crippen LogP contribution in [0.15, 0.2) is 28.3 Å². The van der Waals surface area contributed by atoms with Crippen LogP contribution in [-0.4, -0.2) is 17.0 Å². The molecule has 2 aromatic heterocycles. The van der Waals surface area contributed by atoms with Gasteiger partial charge in [-0.3, -0.25) is 0 Å². The fourth-order valence-corrected chi connectivity index (χ4v) is 2.64. The minimum Gasteiger partial charge on any atom is -0.373 e. The lowest BCUT2D eigenvalue weighted by Crippen LogP contribution is -1.93. The van der Waals surface area contributed by atoms with Gasteiger partial charge in [0.05, 0.1) is 10.6 Å². The molecule has 72 valence electrons. The second-order valence-corrected chi connectivity index (χ2v) is 4.41. The van der Waals surface area contributed by atoms with E-state index >= 15 is 0 Å². The van der Waals surface area contributed by atoms with E-state index < -0.39 is 0 Å². The van der Waals surface area contributed by atoms with E-state index in [0.717, 1.165) is 20.9 Å². The lowest BCUT2D eigenvalue weighted by molar-refractivity contribution is 1.17. The topological polar surface area (TPSA) is 37.8 Å². The molecular formula is C9H8BrN3S. The highest BCUT2D eigenvalue weighted by Crippen LogP contribution is 2.32. The normalized spacial score (nSPS) is 10.1. The molecular weight excluding hydrogens is 262 g/mol. The van der Waals surface area contributed by atoms with E-state index in [9.17, 15) is 0 Å². The maximum atomic E-state index is 4.22. The number of hydrogen-bond acceptors (Lipinski definition) is 4. The molecule has 1 N–H and O–H groups in total. The molecule has 0 atom stereocenters. The summed E-state index contributed by atoms with van der Waals surface area (Å²) in [7, 11) is 1.84. The zero-order valence-corrected chi connectivity index (χ0v) is 9.89. The van der Waals surface area contributed by atoms with Gasteiger partial charge in [-0.1, -0.05) is 0 Å². The van der Waals surface area contributed by atoms with E-state index in [1.165, 1.54) is 0 Å². The molecule has 2 heterocycles. The molecule has 3 nitrogen and oxygen atoms in total. The zero-order chi connectivity index (χ0) is 9.97. The lowest BCUT2D eigenvalue weighted by atomic mass is 10.3. The van der Waals surface area contributed by atoms with E-state index in [0.29, 0.717) is 0 Å². The summed E-state index contributed by atoms with van der Waals surface area (Å²) in [6.07, 6.45) is 1.56. The molecule has 0 radical (unpaired) electrons. The Balaban J connectivity index is 2.47. The Morgan fingerprint density at radius 3 is 2.93 bits per heavy atom. The van der Waals surface area contributed by atoms with Crippen molar-refractivity contribution in [1.29, 1.82) is 0 Å². The highest BCUT2D eigenvalue weighted by Gasteiger charge is 2.06. The molecule has 0 saturated carbocycles. The molecule has 2 rings (SSSR count). The first-order valence-electron chi connectivity index (χ1n) is 4.04. The van der Waals surface area contributed by atoms with Crippen molar-refractivity contribution in [2.45, 2.75) is 0 Å². The molecule has 2 aromatic rings. The Morgan fingerprint density at radius 2 is 2.29 bits per heavy atom. The minimum atomic E-state index is 0.829. The molecule has 0 spiro atoms. The number of anilines is 1. The van der Waals surface area contributed by atoms with Crippen LogP contribution in [0.4, 0.5) is 5.82 Å². The summed E-state index contributed by atoms with van der Waals surface area (Å²) in [6, 6.07) is 3.94. The third kappa shape index (κ3) is 1.78. The molecule has 0 amide bonds. The predicted molar refractivity (Wildman–Crippen MR) is 62.6 cm³/mol. The fraction of sp³-hybridized carbons (Fsp3) is 0.111. The molecule has 0 aliphatic heterocycles. The van der Waals surface area contributed by atoms with Crippen molar-refractivity contribution in [3.63, 3.8) is 0 Å². The summed E-state index contributed by atoms with van der Waals surface area (Å²) in [5.74, 6) is 0.829. The predicted octanol–water partition coefficient (Wildman–Crippen LogP) is 3.01. The summed E-state index contributed by atoms with van der Waals surface area (Å²) in [5.41, 5.74) is 0.936. The first-order chi connectivity index (χ1) is 6.81. The first kappa shape index (κ1) is 9.61. The Labute approximate surface area is 94.4 Å². The summed E-state index contributed by atoms with van der Waals surface area (Å²) in [6.45, 7) is 0. The van der Waals surface area contributed by atoms with E-state index in [2.05, 4.69) is 31.2 Å². The molecule has 0 aliphatic rings. The highest BCUT2D eigenvalue weighted by molar-refractivity contribution is 9.10. The molecule has 0 bridgehead atoms. The van der Waals surface area contributed by atoms with Gasteiger partial charge in [-0.15, -0.1) is 11.3 Å². The van der Waals surface area contributed by atoms with Gasteiger partial charge >= 0.3 is 0 Å². The Hall–Kier alpha value is -0.940. The van der Waals surface area contributed by atoms with Crippen molar-refractivity contribution < 1.29 is 0 Å². The number of hydrogen-bond donors (Lipinski definition) is 1. The van der Waals surface area contributed by atoms with Gasteiger partial charge in [-0.25, -0.2) is 9.97 Å². The minimum absolute atomic E-state index is 0.829. The maximum Gasteiger partial charge on any atom is 0.129 e. The van der Waals surface area contributed by atoms with Gasteiger partial charge in [0.25, 0.3) is 0 Å². The number of nitrogens with one attached hydrogen (secondary N) is 1. The second-order valence-electron chi connectivity index (χ2n) is 2.64. The highest BCUT2D eigenvalue weighted by atomic mass is 79.9. The Morgan fingerprint density at radius 1 is 1.43 bits per heavy atom.